The molecule has 0 unspecified atom stereocenters. The van der Waals surface area contributed by atoms with Crippen molar-refractivity contribution in [1.29, 1.82) is 0 Å². The third-order valence-electron chi connectivity index (χ3n) is 3.12. The number of rotatable bonds is 8. The number of halogens is 1. The lowest BCUT2D eigenvalue weighted by atomic mass is 9.84. The fraction of sp³-hybridized carbons (Fsp3) is 0.533. The molecule has 2 N–H and O–H groups in total. The van der Waals surface area contributed by atoms with Gasteiger partial charge in [0.15, 0.2) is 0 Å². The maximum Gasteiger partial charge on any atom is 0.230 e. The zero-order chi connectivity index (χ0) is 15.0. The Bertz CT molecular complexity index is 418. The number of benzene rings is 1. The van der Waals surface area contributed by atoms with Crippen molar-refractivity contribution >= 4 is 21.8 Å². The number of amides is 1. The van der Waals surface area contributed by atoms with Crippen LogP contribution >= 0.6 is 15.9 Å². The highest BCUT2D eigenvalue weighted by Crippen LogP contribution is 2.24. The van der Waals surface area contributed by atoms with Gasteiger partial charge in [0.05, 0.1) is 18.6 Å². The first-order valence-electron chi connectivity index (χ1n) is 6.71. The first-order chi connectivity index (χ1) is 9.48. The highest BCUT2D eigenvalue weighted by atomic mass is 79.9. The van der Waals surface area contributed by atoms with Crippen LogP contribution in [0.25, 0.3) is 0 Å². The number of hydrogen-bond acceptors (Lipinski definition) is 3. The zero-order valence-corrected chi connectivity index (χ0v) is 13.6. The van der Waals surface area contributed by atoms with Crippen LogP contribution in [-0.2, 0) is 14.9 Å². The van der Waals surface area contributed by atoms with E-state index in [1.165, 1.54) is 0 Å². The van der Waals surface area contributed by atoms with E-state index < -0.39 is 5.41 Å². The molecule has 1 amide bonds. The number of carbonyl (C=O) groups is 1. The Morgan fingerprint density at radius 2 is 1.95 bits per heavy atom. The maximum atomic E-state index is 12.2. The molecule has 0 heterocycles. The number of aliphatic hydroxyl groups is 1. The van der Waals surface area contributed by atoms with Crippen LogP contribution in [0.15, 0.2) is 28.7 Å². The minimum Gasteiger partial charge on any atom is -0.394 e. The molecule has 0 saturated carbocycles. The molecular formula is C15H22BrNO3. The standard InChI is InChI=1S/C15H22BrNO3/c1-15(2,12-4-6-13(16)7-5-12)14(19)17-8-3-10-20-11-9-18/h4-7,18H,3,8-11H2,1-2H3,(H,17,19). The third-order valence-corrected chi connectivity index (χ3v) is 3.65. The second kappa shape index (κ2) is 8.39. The molecule has 20 heavy (non-hydrogen) atoms. The summed E-state index contributed by atoms with van der Waals surface area (Å²) in [4.78, 5) is 12.2. The van der Waals surface area contributed by atoms with Crippen molar-refractivity contribution in [3.8, 4) is 0 Å². The summed E-state index contributed by atoms with van der Waals surface area (Å²) < 4.78 is 6.14. The molecule has 0 radical (unpaired) electrons. The molecule has 0 aromatic heterocycles. The van der Waals surface area contributed by atoms with E-state index in [2.05, 4.69) is 21.2 Å². The van der Waals surface area contributed by atoms with Gasteiger partial charge < -0.3 is 15.2 Å². The highest BCUT2D eigenvalue weighted by Gasteiger charge is 2.29. The molecule has 0 aliphatic carbocycles. The normalized spacial score (nSPS) is 11.4. The largest absolute Gasteiger partial charge is 0.394 e. The summed E-state index contributed by atoms with van der Waals surface area (Å²) in [6.07, 6.45) is 0.738. The summed E-state index contributed by atoms with van der Waals surface area (Å²) in [6, 6.07) is 7.78. The molecule has 112 valence electrons. The van der Waals surface area contributed by atoms with Gasteiger partial charge in [-0.3, -0.25) is 4.79 Å². The number of aliphatic hydroxyl groups excluding tert-OH is 1. The van der Waals surface area contributed by atoms with Crippen molar-refractivity contribution in [3.63, 3.8) is 0 Å². The Hall–Kier alpha value is -0.910. The van der Waals surface area contributed by atoms with Gasteiger partial charge >= 0.3 is 0 Å². The average molecular weight is 344 g/mol. The summed E-state index contributed by atoms with van der Waals surface area (Å²) in [5, 5.41) is 11.5. The van der Waals surface area contributed by atoms with E-state index >= 15 is 0 Å². The van der Waals surface area contributed by atoms with Gasteiger partial charge in [-0.2, -0.15) is 0 Å². The molecular weight excluding hydrogens is 322 g/mol. The second-order valence-corrected chi connectivity index (χ2v) is 5.99. The number of nitrogens with one attached hydrogen (secondary N) is 1. The van der Waals surface area contributed by atoms with Crippen molar-refractivity contribution in [2.45, 2.75) is 25.7 Å². The van der Waals surface area contributed by atoms with Crippen molar-refractivity contribution in [1.82, 2.24) is 5.32 Å². The van der Waals surface area contributed by atoms with Crippen LogP contribution in [0.2, 0.25) is 0 Å². The van der Waals surface area contributed by atoms with E-state index in [0.29, 0.717) is 19.8 Å². The molecule has 1 aromatic rings. The molecule has 0 bridgehead atoms. The van der Waals surface area contributed by atoms with E-state index in [-0.39, 0.29) is 12.5 Å². The third kappa shape index (κ3) is 5.23. The lowest BCUT2D eigenvalue weighted by Crippen LogP contribution is -2.40. The molecule has 4 nitrogen and oxygen atoms in total. The smallest absolute Gasteiger partial charge is 0.230 e. The Labute approximate surface area is 128 Å². The molecule has 0 saturated heterocycles. The molecule has 0 atom stereocenters. The minimum absolute atomic E-state index is 0.00183. The molecule has 1 aromatic carbocycles. The predicted octanol–water partition coefficient (Wildman–Crippen LogP) is 2.24. The van der Waals surface area contributed by atoms with Crippen molar-refractivity contribution < 1.29 is 14.6 Å². The molecule has 0 spiro atoms. The lowest BCUT2D eigenvalue weighted by molar-refractivity contribution is -0.125. The molecule has 0 aliphatic rings. The van der Waals surface area contributed by atoms with Gasteiger partial charge in [-0.15, -0.1) is 0 Å². The Balaban J connectivity index is 2.43. The van der Waals surface area contributed by atoms with Gasteiger partial charge in [0.1, 0.15) is 0 Å². The number of carbonyl (C=O) groups excluding carboxylic acids is 1. The second-order valence-electron chi connectivity index (χ2n) is 5.08. The van der Waals surface area contributed by atoms with Crippen LogP contribution in [0, 0.1) is 0 Å². The first kappa shape index (κ1) is 17.1. The van der Waals surface area contributed by atoms with Crippen molar-refractivity contribution in [3.05, 3.63) is 34.3 Å². The zero-order valence-electron chi connectivity index (χ0n) is 12.0. The van der Waals surface area contributed by atoms with E-state index in [0.717, 1.165) is 16.5 Å². The van der Waals surface area contributed by atoms with Crippen LogP contribution in [0.3, 0.4) is 0 Å². The maximum absolute atomic E-state index is 12.2. The van der Waals surface area contributed by atoms with Gasteiger partial charge in [-0.25, -0.2) is 0 Å². The van der Waals surface area contributed by atoms with Gasteiger partial charge in [0, 0.05) is 17.6 Å². The van der Waals surface area contributed by atoms with E-state index in [1.807, 2.05) is 38.1 Å². The summed E-state index contributed by atoms with van der Waals surface area (Å²) in [6.45, 7) is 5.31. The van der Waals surface area contributed by atoms with Crippen LogP contribution < -0.4 is 5.32 Å². The Morgan fingerprint density at radius 3 is 2.55 bits per heavy atom. The van der Waals surface area contributed by atoms with Gasteiger partial charge in [0.2, 0.25) is 5.91 Å². The van der Waals surface area contributed by atoms with Crippen LogP contribution in [0.1, 0.15) is 25.8 Å². The Morgan fingerprint density at radius 1 is 1.30 bits per heavy atom. The van der Waals surface area contributed by atoms with Crippen LogP contribution in [-0.4, -0.2) is 37.4 Å². The Kier molecular flexibility index (Phi) is 7.19. The van der Waals surface area contributed by atoms with Gasteiger partial charge in [-0.1, -0.05) is 28.1 Å². The number of ether oxygens (including phenoxy) is 1. The van der Waals surface area contributed by atoms with Crippen LogP contribution in [0.4, 0.5) is 0 Å². The molecule has 0 fully saturated rings. The summed E-state index contributed by atoms with van der Waals surface area (Å²) in [5.41, 5.74) is 0.418. The molecule has 1 rings (SSSR count). The van der Waals surface area contributed by atoms with Crippen molar-refractivity contribution in [2.24, 2.45) is 0 Å². The summed E-state index contributed by atoms with van der Waals surface area (Å²) in [5.74, 6) is 0.00183. The fourth-order valence-corrected chi connectivity index (χ4v) is 2.03. The van der Waals surface area contributed by atoms with E-state index in [4.69, 9.17) is 9.84 Å². The SMILES string of the molecule is CC(C)(C(=O)NCCCOCCO)c1ccc(Br)cc1. The summed E-state index contributed by atoms with van der Waals surface area (Å²) in [7, 11) is 0. The lowest BCUT2D eigenvalue weighted by Gasteiger charge is -2.24. The molecule has 5 heteroatoms. The van der Waals surface area contributed by atoms with E-state index in [9.17, 15) is 4.79 Å². The van der Waals surface area contributed by atoms with Crippen molar-refractivity contribution in [2.75, 3.05) is 26.4 Å². The fourth-order valence-electron chi connectivity index (χ4n) is 1.76. The monoisotopic (exact) mass is 343 g/mol. The van der Waals surface area contributed by atoms with Gasteiger partial charge in [-0.05, 0) is 38.0 Å². The number of hydrogen-bond donors (Lipinski definition) is 2. The topological polar surface area (TPSA) is 58.6 Å². The van der Waals surface area contributed by atoms with Gasteiger partial charge in [0.25, 0.3) is 0 Å². The first-order valence-corrected chi connectivity index (χ1v) is 7.50. The van der Waals surface area contributed by atoms with E-state index in [1.54, 1.807) is 0 Å². The highest BCUT2D eigenvalue weighted by molar-refractivity contribution is 9.10. The summed E-state index contributed by atoms with van der Waals surface area (Å²) >= 11 is 3.39. The predicted molar refractivity (Wildman–Crippen MR) is 82.7 cm³/mol. The average Bonchev–Trinajstić information content (AvgIpc) is 2.43. The molecule has 0 aliphatic heterocycles. The quantitative estimate of drug-likeness (QED) is 0.711. The minimum atomic E-state index is -0.563. The van der Waals surface area contributed by atoms with Crippen LogP contribution in [0.5, 0.6) is 0 Å².